The summed E-state index contributed by atoms with van der Waals surface area (Å²) in [7, 11) is 0. The molecule has 1 atom stereocenters. The van der Waals surface area contributed by atoms with Crippen molar-refractivity contribution in [2.45, 2.75) is 45.7 Å². The number of nitrogens with one attached hydrogen (secondary N) is 2. The lowest BCUT2D eigenvalue weighted by atomic mass is 10.2. The average Bonchev–Trinajstić information content (AvgIpc) is 3.08. The summed E-state index contributed by atoms with van der Waals surface area (Å²) in [6.45, 7) is 5.35. The van der Waals surface area contributed by atoms with E-state index in [9.17, 15) is 9.59 Å². The van der Waals surface area contributed by atoms with Crippen LogP contribution < -0.4 is 10.6 Å². The first-order valence-electron chi connectivity index (χ1n) is 7.29. The highest BCUT2D eigenvalue weighted by atomic mass is 16.5. The molecule has 2 heterocycles. The highest BCUT2D eigenvalue weighted by Gasteiger charge is 2.34. The van der Waals surface area contributed by atoms with Gasteiger partial charge in [-0.2, -0.15) is 4.98 Å². The minimum absolute atomic E-state index is 0.110. The predicted molar refractivity (Wildman–Crippen MR) is 74.2 cm³/mol. The van der Waals surface area contributed by atoms with Crippen molar-refractivity contribution in [3.63, 3.8) is 0 Å². The van der Waals surface area contributed by atoms with Gasteiger partial charge >= 0.3 is 6.03 Å². The Labute approximate surface area is 123 Å². The molecule has 0 spiro atoms. The van der Waals surface area contributed by atoms with Crippen molar-refractivity contribution in [3.8, 4) is 0 Å². The fourth-order valence-corrected chi connectivity index (χ4v) is 2.32. The molecule has 0 aliphatic carbocycles. The van der Waals surface area contributed by atoms with Crippen molar-refractivity contribution < 1.29 is 14.1 Å². The Morgan fingerprint density at radius 3 is 2.95 bits per heavy atom. The van der Waals surface area contributed by atoms with Crippen LogP contribution in [0.25, 0.3) is 0 Å². The fourth-order valence-electron chi connectivity index (χ4n) is 2.32. The Balaban J connectivity index is 1.89. The first-order chi connectivity index (χ1) is 10.2. The Morgan fingerprint density at radius 1 is 1.43 bits per heavy atom. The number of hydrogen-bond donors (Lipinski definition) is 2. The Kier molecular flexibility index (Phi) is 5.13. The highest BCUT2D eigenvalue weighted by molar-refractivity contribution is 5.78. The minimum Gasteiger partial charge on any atom is -0.338 e. The van der Waals surface area contributed by atoms with E-state index in [-0.39, 0.29) is 24.5 Å². The lowest BCUT2D eigenvalue weighted by Crippen LogP contribution is -2.35. The number of carbonyl (C=O) groups excluding carboxylic acids is 2. The third-order valence-corrected chi connectivity index (χ3v) is 3.38. The van der Waals surface area contributed by atoms with Crippen molar-refractivity contribution in [2.24, 2.45) is 0 Å². The zero-order valence-corrected chi connectivity index (χ0v) is 12.4. The molecular formula is C13H21N5O3. The van der Waals surface area contributed by atoms with E-state index >= 15 is 0 Å². The van der Waals surface area contributed by atoms with E-state index in [1.807, 2.05) is 13.8 Å². The Hall–Kier alpha value is -2.12. The van der Waals surface area contributed by atoms with E-state index in [4.69, 9.17) is 4.52 Å². The normalized spacial score (nSPS) is 18.1. The van der Waals surface area contributed by atoms with Gasteiger partial charge in [-0.3, -0.25) is 4.79 Å². The molecule has 8 heteroatoms. The van der Waals surface area contributed by atoms with Gasteiger partial charge in [0.2, 0.25) is 11.8 Å². The molecule has 0 unspecified atom stereocenters. The van der Waals surface area contributed by atoms with Gasteiger partial charge in [0, 0.05) is 19.5 Å². The van der Waals surface area contributed by atoms with Crippen molar-refractivity contribution in [2.75, 3.05) is 13.1 Å². The lowest BCUT2D eigenvalue weighted by Gasteiger charge is -2.19. The molecule has 1 aliphatic heterocycles. The Bertz CT molecular complexity index is 502. The van der Waals surface area contributed by atoms with Crippen LogP contribution >= 0.6 is 0 Å². The van der Waals surface area contributed by atoms with Crippen LogP contribution in [0.15, 0.2) is 4.52 Å². The first-order valence-corrected chi connectivity index (χ1v) is 7.29. The SMILES string of the molecule is CCCNC(=O)NCc1noc([C@@H]2CCC(=O)N2CC)n1. The van der Waals surface area contributed by atoms with Crippen molar-refractivity contribution >= 4 is 11.9 Å². The highest BCUT2D eigenvalue weighted by Crippen LogP contribution is 2.31. The largest absolute Gasteiger partial charge is 0.338 e. The first kappa shape index (κ1) is 15.3. The second-order valence-corrected chi connectivity index (χ2v) is 4.89. The van der Waals surface area contributed by atoms with Gasteiger partial charge in [0.1, 0.15) is 6.04 Å². The summed E-state index contributed by atoms with van der Waals surface area (Å²) in [5.41, 5.74) is 0. The second-order valence-electron chi connectivity index (χ2n) is 4.89. The molecule has 0 radical (unpaired) electrons. The average molecular weight is 295 g/mol. The van der Waals surface area contributed by atoms with E-state index in [2.05, 4.69) is 20.8 Å². The number of urea groups is 1. The molecule has 116 valence electrons. The van der Waals surface area contributed by atoms with Gasteiger partial charge in [0.25, 0.3) is 0 Å². The maximum absolute atomic E-state index is 11.7. The fraction of sp³-hybridized carbons (Fsp3) is 0.692. The molecule has 8 nitrogen and oxygen atoms in total. The minimum atomic E-state index is -0.255. The van der Waals surface area contributed by atoms with E-state index in [0.717, 1.165) is 6.42 Å². The molecule has 2 N–H and O–H groups in total. The van der Waals surface area contributed by atoms with Crippen LogP contribution in [0, 0.1) is 0 Å². The standard InChI is InChI=1S/C13H21N5O3/c1-3-7-14-13(20)15-8-10-16-12(21-17-10)9-5-6-11(19)18(9)4-2/h9H,3-8H2,1-2H3,(H2,14,15,20)/t9-/m0/s1. The third kappa shape index (κ3) is 3.71. The maximum Gasteiger partial charge on any atom is 0.315 e. The van der Waals surface area contributed by atoms with E-state index < -0.39 is 0 Å². The summed E-state index contributed by atoms with van der Waals surface area (Å²) >= 11 is 0. The zero-order chi connectivity index (χ0) is 15.2. The second kappa shape index (κ2) is 7.05. The summed E-state index contributed by atoms with van der Waals surface area (Å²) in [5.74, 6) is 0.958. The van der Waals surface area contributed by atoms with E-state index in [0.29, 0.717) is 37.6 Å². The number of nitrogens with zero attached hydrogens (tertiary/aromatic N) is 3. The van der Waals surface area contributed by atoms with Crippen LogP contribution in [0.5, 0.6) is 0 Å². The number of rotatable bonds is 6. The van der Waals surface area contributed by atoms with Crippen LogP contribution in [0.3, 0.4) is 0 Å². The lowest BCUT2D eigenvalue weighted by molar-refractivity contribution is -0.129. The summed E-state index contributed by atoms with van der Waals surface area (Å²) in [5, 5.41) is 9.19. The number of likely N-dealkylation sites (tertiary alicyclic amines) is 1. The van der Waals surface area contributed by atoms with Gasteiger partial charge in [-0.25, -0.2) is 4.79 Å². The smallest absolute Gasteiger partial charge is 0.315 e. The van der Waals surface area contributed by atoms with Crippen molar-refractivity contribution in [3.05, 3.63) is 11.7 Å². The summed E-state index contributed by atoms with van der Waals surface area (Å²) in [6, 6.07) is -0.396. The van der Waals surface area contributed by atoms with Gasteiger partial charge < -0.3 is 20.1 Å². The molecule has 1 aliphatic rings. The van der Waals surface area contributed by atoms with Gasteiger partial charge in [-0.15, -0.1) is 0 Å². The molecular weight excluding hydrogens is 274 g/mol. The van der Waals surface area contributed by atoms with Gasteiger partial charge in [0.05, 0.1) is 6.54 Å². The van der Waals surface area contributed by atoms with Crippen LogP contribution in [0.2, 0.25) is 0 Å². The molecule has 0 saturated carbocycles. The van der Waals surface area contributed by atoms with E-state index in [1.165, 1.54) is 0 Å². The zero-order valence-electron chi connectivity index (χ0n) is 12.4. The molecule has 21 heavy (non-hydrogen) atoms. The van der Waals surface area contributed by atoms with Crippen molar-refractivity contribution in [1.82, 2.24) is 25.7 Å². The van der Waals surface area contributed by atoms with Crippen LogP contribution in [0.4, 0.5) is 4.79 Å². The van der Waals surface area contributed by atoms with Crippen LogP contribution in [-0.4, -0.2) is 40.1 Å². The molecule has 2 rings (SSSR count). The molecule has 3 amide bonds. The summed E-state index contributed by atoms with van der Waals surface area (Å²) < 4.78 is 5.22. The maximum atomic E-state index is 11.7. The van der Waals surface area contributed by atoms with Gasteiger partial charge in [-0.1, -0.05) is 12.1 Å². The number of aromatic nitrogens is 2. The Morgan fingerprint density at radius 2 is 2.24 bits per heavy atom. The number of hydrogen-bond acceptors (Lipinski definition) is 5. The summed E-state index contributed by atoms with van der Waals surface area (Å²) in [6.07, 6.45) is 2.08. The molecule has 0 bridgehead atoms. The van der Waals surface area contributed by atoms with Gasteiger partial charge in [-0.05, 0) is 19.8 Å². The predicted octanol–water partition coefficient (Wildman–Crippen LogP) is 0.962. The quantitative estimate of drug-likeness (QED) is 0.814. The molecule has 1 aromatic rings. The molecule has 1 aromatic heterocycles. The monoisotopic (exact) mass is 295 g/mol. The number of carbonyl (C=O) groups is 2. The van der Waals surface area contributed by atoms with Crippen LogP contribution in [-0.2, 0) is 11.3 Å². The molecule has 1 saturated heterocycles. The van der Waals surface area contributed by atoms with Crippen molar-refractivity contribution in [1.29, 1.82) is 0 Å². The van der Waals surface area contributed by atoms with E-state index in [1.54, 1.807) is 4.90 Å². The topological polar surface area (TPSA) is 100 Å². The van der Waals surface area contributed by atoms with Gasteiger partial charge in [0.15, 0.2) is 5.82 Å². The number of amides is 3. The molecule has 0 aromatic carbocycles. The third-order valence-electron chi connectivity index (χ3n) is 3.38. The molecule has 1 fully saturated rings. The summed E-state index contributed by atoms with van der Waals surface area (Å²) in [4.78, 5) is 29.1. The van der Waals surface area contributed by atoms with Crippen LogP contribution in [0.1, 0.15) is 50.9 Å².